The molecule has 4 aromatic heterocycles. The quantitative estimate of drug-likeness (QED) is 0.0525. The van der Waals surface area contributed by atoms with Crippen molar-refractivity contribution in [1.82, 2.24) is 18.3 Å². The average Bonchev–Trinajstić information content (AvgIpc) is 4.10. The Balaban J connectivity index is 0.000000302. The fourth-order valence-corrected chi connectivity index (χ4v) is 6.74. The number of aromatic nitrogens is 4. The van der Waals surface area contributed by atoms with Gasteiger partial charge >= 0.3 is 55.7 Å². The van der Waals surface area contributed by atoms with Gasteiger partial charge in [0.1, 0.15) is 40.2 Å². The van der Waals surface area contributed by atoms with E-state index in [2.05, 4.69) is 50.2 Å². The third-order valence-corrected chi connectivity index (χ3v) is 10.9. The first kappa shape index (κ1) is 59.3. The van der Waals surface area contributed by atoms with E-state index in [1.165, 1.54) is 63.8 Å². The monoisotopic (exact) mass is 1050 g/mol. The summed E-state index contributed by atoms with van der Waals surface area (Å²) in [6, 6.07) is 26.7. The number of methoxy groups -OCH3 is 3. The van der Waals surface area contributed by atoms with Crippen LogP contribution in [0, 0.1) is 38.2 Å². The second-order valence-corrected chi connectivity index (χ2v) is 15.7. The van der Waals surface area contributed by atoms with E-state index in [0.29, 0.717) is 28.1 Å². The third kappa shape index (κ3) is 16.7. The second-order valence-electron chi connectivity index (χ2n) is 14.6. The summed E-state index contributed by atoms with van der Waals surface area (Å²) in [5, 5.41) is 26.4. The van der Waals surface area contributed by atoms with Crippen molar-refractivity contribution >= 4 is 72.8 Å². The van der Waals surface area contributed by atoms with Gasteiger partial charge in [0.15, 0.2) is 0 Å². The number of nitrogens with zero attached hydrogens (tertiary/aromatic N) is 5. The molecule has 0 aliphatic rings. The Morgan fingerprint density at radius 3 is 1.33 bits per heavy atom. The molecule has 7 aromatic rings. The van der Waals surface area contributed by atoms with E-state index < -0.39 is 13.1 Å². The number of carbonyl (C=O) groups excluding carboxylic acids is 3. The number of rotatable bonds is 7. The van der Waals surface area contributed by atoms with Gasteiger partial charge in [-0.05, 0) is 156 Å². The summed E-state index contributed by atoms with van der Waals surface area (Å²) in [5.41, 5.74) is 7.63. The molecular weight excluding hydrogens is 997 g/mol. The minimum atomic E-state index is -1.52. The van der Waals surface area contributed by atoms with E-state index in [9.17, 15) is 32.3 Å². The predicted molar refractivity (Wildman–Crippen MR) is 269 cm³/mol. The van der Waals surface area contributed by atoms with Crippen molar-refractivity contribution in [3.8, 4) is 22.5 Å². The van der Waals surface area contributed by atoms with Crippen LogP contribution in [0.25, 0.3) is 22.5 Å². The molecule has 0 saturated carbocycles. The van der Waals surface area contributed by atoms with Crippen molar-refractivity contribution in [2.45, 2.75) is 20.8 Å². The van der Waals surface area contributed by atoms with Crippen LogP contribution in [0.3, 0.4) is 0 Å². The summed E-state index contributed by atoms with van der Waals surface area (Å²) in [6.45, 7) is 5.26. The maximum absolute atomic E-state index is 13.1. The molecule has 0 atom stereocenters. The molecule has 22 heteroatoms. The van der Waals surface area contributed by atoms with E-state index in [1.54, 1.807) is 121 Å². The van der Waals surface area contributed by atoms with Crippen LogP contribution < -0.4 is 5.46 Å². The van der Waals surface area contributed by atoms with Gasteiger partial charge in [0.2, 0.25) is 0 Å². The molecular formula is C48H52B2BrF3N5O10S. The number of aryl methyl sites for hydroxylation is 4. The summed E-state index contributed by atoms with van der Waals surface area (Å²) < 4.78 is 62.6. The normalized spacial score (nSPS) is 9.83. The Labute approximate surface area is 419 Å². The Kier molecular flexibility index (Phi) is 24.2. The summed E-state index contributed by atoms with van der Waals surface area (Å²) in [4.78, 5) is 44.3. The number of thiol groups is 1. The van der Waals surface area contributed by atoms with Gasteiger partial charge in [0.05, 0.1) is 25.9 Å². The molecule has 0 amide bonds. The molecule has 3 N–H and O–H groups in total. The van der Waals surface area contributed by atoms with Crippen LogP contribution >= 0.6 is 28.7 Å². The standard InChI is InChI=1S/C14H14FNO2.C13H12FNO2.C7H8BFO2.C7H8BrNO2.C7H9NO2.BHNS/c1-9-8-10(15)4-5-11(9)12-6-7-13(16(12)2)14(17)18-3;1-8-7-9(14)3-4-10(8)11-5-6-12(13(16)17)15(11)2;1-5-4-6(9)2-3-7(5)8(10)11;1-9-5(7(10)11-2)3-4-6(9)8;1-8-5-3-4-6(8)7(9)10-2;1-2-3/h4-8H,1-3H3;3-7H,1-2H3,(H,16,17);2-4,10-11H,1H3;3-4H,1-2H3;3-5H,1-2H3;3H. The molecule has 369 valence electrons. The van der Waals surface area contributed by atoms with E-state index in [0.717, 1.165) is 38.2 Å². The number of aromatic carboxylic acids is 1. The SMILES string of the molecule is COC(=O)c1ccc(-c2ccc(F)cc2C)n1C.COC(=O)c1ccc(Br)n1C.COC(=O)c1cccn1C.Cc1cc(F)ccc1-c1ccc(C(=O)O)n1C.Cc1cc(F)ccc1B(O)O.[B]=NS. The van der Waals surface area contributed by atoms with E-state index in [1.807, 2.05) is 13.0 Å². The first-order valence-electron chi connectivity index (χ1n) is 20.4. The molecule has 0 bridgehead atoms. The number of ether oxygens (including phenoxy) is 3. The van der Waals surface area contributed by atoms with Crippen molar-refractivity contribution in [1.29, 1.82) is 0 Å². The van der Waals surface area contributed by atoms with Crippen molar-refractivity contribution in [3.63, 3.8) is 0 Å². The molecule has 4 heterocycles. The zero-order chi connectivity index (χ0) is 53.0. The Morgan fingerprint density at radius 1 is 0.600 bits per heavy atom. The third-order valence-electron chi connectivity index (χ3n) is 10.1. The fraction of sp³-hybridized carbons (Fsp3) is 0.208. The number of hydrogen-bond donors (Lipinski definition) is 4. The predicted octanol–water partition coefficient (Wildman–Crippen LogP) is 8.15. The zero-order valence-electron chi connectivity index (χ0n) is 39.9. The van der Waals surface area contributed by atoms with Crippen LogP contribution in [-0.4, -0.2) is 93.4 Å². The molecule has 70 heavy (non-hydrogen) atoms. The van der Waals surface area contributed by atoms with Crippen molar-refractivity contribution in [2.24, 2.45) is 32.5 Å². The van der Waals surface area contributed by atoms with Crippen LogP contribution in [-0.2, 0) is 42.4 Å². The first-order chi connectivity index (χ1) is 33.0. The van der Waals surface area contributed by atoms with Gasteiger partial charge in [-0.25, -0.2) is 32.3 Å². The van der Waals surface area contributed by atoms with Crippen molar-refractivity contribution < 1.29 is 61.7 Å². The molecule has 15 nitrogen and oxygen atoms in total. The molecule has 0 aliphatic heterocycles. The van der Waals surface area contributed by atoms with Crippen LogP contribution in [0.2, 0.25) is 0 Å². The number of halogens is 4. The summed E-state index contributed by atoms with van der Waals surface area (Å²) in [6.07, 6.45) is 1.80. The average molecular weight is 1050 g/mol. The fourth-order valence-electron chi connectivity index (χ4n) is 6.42. The van der Waals surface area contributed by atoms with Crippen LogP contribution in [0.4, 0.5) is 13.2 Å². The zero-order valence-corrected chi connectivity index (χ0v) is 42.4. The van der Waals surface area contributed by atoms with E-state index in [4.69, 9.17) is 19.9 Å². The molecule has 3 aromatic carbocycles. The van der Waals surface area contributed by atoms with Gasteiger partial charge in [-0.2, -0.15) is 0 Å². The molecule has 0 spiro atoms. The molecule has 0 fully saturated rings. The van der Waals surface area contributed by atoms with Crippen LogP contribution in [0.5, 0.6) is 0 Å². The van der Waals surface area contributed by atoms with Gasteiger partial charge < -0.3 is 47.6 Å². The number of carboxylic acids is 1. The van der Waals surface area contributed by atoms with E-state index >= 15 is 0 Å². The Hall–Kier alpha value is -6.87. The number of benzene rings is 3. The molecule has 0 aliphatic carbocycles. The Morgan fingerprint density at radius 2 is 0.986 bits per heavy atom. The topological polar surface area (TPSA) is 189 Å². The summed E-state index contributed by atoms with van der Waals surface area (Å²) >= 11 is 6.46. The first-order valence-corrected chi connectivity index (χ1v) is 21.6. The molecule has 7 rings (SSSR count). The van der Waals surface area contributed by atoms with Gasteiger partial charge in [-0.15, -0.1) is 0 Å². The van der Waals surface area contributed by atoms with Gasteiger partial charge in [0, 0.05) is 56.9 Å². The molecule has 0 unspecified atom stereocenters. The molecule has 1 radical (unpaired) electrons. The van der Waals surface area contributed by atoms with Gasteiger partial charge in [-0.3, -0.25) is 0 Å². The van der Waals surface area contributed by atoms with E-state index in [-0.39, 0.29) is 41.1 Å². The van der Waals surface area contributed by atoms with Crippen molar-refractivity contribution in [3.05, 3.63) is 171 Å². The number of hydrogen-bond acceptors (Lipinski definition) is 11. The second kappa shape index (κ2) is 28.6. The van der Waals surface area contributed by atoms with Crippen molar-refractivity contribution in [2.75, 3.05) is 21.3 Å². The Bertz CT molecular complexity index is 2900. The van der Waals surface area contributed by atoms with Crippen LogP contribution in [0.1, 0.15) is 58.6 Å². The number of carboxylic acid groups (broad SMARTS) is 1. The minimum absolute atomic E-state index is 0.212. The number of esters is 3. The summed E-state index contributed by atoms with van der Waals surface area (Å²) in [7, 11) is 13.9. The maximum atomic E-state index is 13.1. The van der Waals surface area contributed by atoms with Gasteiger partial charge in [-0.1, -0.05) is 6.07 Å². The van der Waals surface area contributed by atoms with Crippen LogP contribution in [0.15, 0.2) is 118 Å². The molecule has 0 saturated heterocycles. The summed E-state index contributed by atoms with van der Waals surface area (Å²) in [5.74, 6) is -2.91. The van der Waals surface area contributed by atoms with Gasteiger partial charge in [0.25, 0.3) is 0 Å². The number of carbonyl (C=O) groups is 4.